The molecule has 1 atom stereocenters. The molecule has 37 heavy (non-hydrogen) atoms. The maximum atomic E-state index is 13.5. The van der Waals surface area contributed by atoms with Gasteiger partial charge in [-0.1, -0.05) is 70.2 Å². The monoisotopic (exact) mass is 499 g/mol. The Balaban J connectivity index is 1.90. The number of Topliss-reactive ketones (excluding diaryl/α,β-unsaturated/α-hetero) is 1. The number of ketones is 1. The highest BCUT2D eigenvalue weighted by Crippen LogP contribution is 2.43. The lowest BCUT2D eigenvalue weighted by Crippen LogP contribution is -2.29. The average Bonchev–Trinajstić information content (AvgIpc) is 3.17. The zero-order chi connectivity index (χ0) is 26.7. The number of hydrogen-bond donors (Lipinski definition) is 1. The second-order valence-corrected chi connectivity index (χ2v) is 10.1. The predicted octanol–water partition coefficient (Wildman–Crippen LogP) is 6.41. The number of benzene rings is 3. The summed E-state index contributed by atoms with van der Waals surface area (Å²) in [4.78, 5) is 28.4. The van der Waals surface area contributed by atoms with Crippen LogP contribution >= 0.6 is 0 Å². The number of carbonyl (C=O) groups is 2. The van der Waals surface area contributed by atoms with Crippen molar-refractivity contribution in [1.29, 1.82) is 0 Å². The van der Waals surface area contributed by atoms with Gasteiger partial charge in [-0.15, -0.1) is 0 Å². The van der Waals surface area contributed by atoms with E-state index in [1.807, 2.05) is 37.3 Å². The molecular weight excluding hydrogens is 466 g/mol. The molecule has 1 aliphatic rings. The van der Waals surface area contributed by atoms with Gasteiger partial charge in [0.1, 0.15) is 17.3 Å². The van der Waals surface area contributed by atoms with Crippen LogP contribution in [0.25, 0.3) is 5.76 Å². The van der Waals surface area contributed by atoms with Crippen LogP contribution in [0.4, 0.5) is 5.69 Å². The summed E-state index contributed by atoms with van der Waals surface area (Å²) in [6.07, 6.45) is 0.843. The molecule has 6 nitrogen and oxygen atoms in total. The summed E-state index contributed by atoms with van der Waals surface area (Å²) < 4.78 is 11.1. The molecule has 0 bridgehead atoms. The van der Waals surface area contributed by atoms with Crippen LogP contribution in [0.5, 0.6) is 11.5 Å². The molecule has 1 saturated heterocycles. The van der Waals surface area contributed by atoms with Crippen LogP contribution in [0.2, 0.25) is 0 Å². The summed E-state index contributed by atoms with van der Waals surface area (Å²) in [5, 5.41) is 11.4. The number of carbonyl (C=O) groups excluding carboxylic acids is 2. The molecule has 0 aliphatic carbocycles. The van der Waals surface area contributed by atoms with Crippen LogP contribution in [-0.2, 0) is 15.0 Å². The van der Waals surface area contributed by atoms with Gasteiger partial charge in [0.2, 0.25) is 0 Å². The zero-order valence-electron chi connectivity index (χ0n) is 21.9. The van der Waals surface area contributed by atoms with Crippen LogP contribution in [0, 0.1) is 0 Å². The van der Waals surface area contributed by atoms with E-state index in [0.717, 1.165) is 17.5 Å². The van der Waals surface area contributed by atoms with Crippen LogP contribution in [0.15, 0.2) is 78.4 Å². The van der Waals surface area contributed by atoms with Gasteiger partial charge in [-0.3, -0.25) is 14.5 Å². The summed E-state index contributed by atoms with van der Waals surface area (Å²) in [5.74, 6) is -0.559. The Morgan fingerprint density at radius 3 is 2.27 bits per heavy atom. The molecule has 192 valence electrons. The first-order valence-electron chi connectivity index (χ1n) is 12.4. The minimum absolute atomic E-state index is 0.0293. The van der Waals surface area contributed by atoms with Gasteiger partial charge in [-0.25, -0.2) is 0 Å². The highest BCUT2D eigenvalue weighted by Gasteiger charge is 2.47. The largest absolute Gasteiger partial charge is 0.507 e. The van der Waals surface area contributed by atoms with Gasteiger partial charge < -0.3 is 14.6 Å². The molecule has 0 aromatic heterocycles. The highest BCUT2D eigenvalue weighted by atomic mass is 16.5. The molecule has 0 radical (unpaired) electrons. The average molecular weight is 500 g/mol. The van der Waals surface area contributed by atoms with Gasteiger partial charge in [0.15, 0.2) is 0 Å². The lowest BCUT2D eigenvalue weighted by molar-refractivity contribution is -0.132. The molecule has 1 heterocycles. The van der Waals surface area contributed by atoms with Gasteiger partial charge in [0.05, 0.1) is 25.3 Å². The quantitative estimate of drug-likeness (QED) is 0.231. The van der Waals surface area contributed by atoms with Crippen molar-refractivity contribution in [2.45, 2.75) is 45.6 Å². The molecule has 6 heteroatoms. The van der Waals surface area contributed by atoms with Crippen molar-refractivity contribution in [2.75, 3.05) is 18.6 Å². The minimum atomic E-state index is -0.818. The first-order chi connectivity index (χ1) is 17.7. The summed E-state index contributed by atoms with van der Waals surface area (Å²) >= 11 is 0. The number of aliphatic hydroxyl groups excluding tert-OH is 1. The van der Waals surface area contributed by atoms with E-state index in [0.29, 0.717) is 29.4 Å². The third-order valence-electron chi connectivity index (χ3n) is 6.45. The van der Waals surface area contributed by atoms with Gasteiger partial charge in [0, 0.05) is 17.3 Å². The van der Waals surface area contributed by atoms with E-state index in [4.69, 9.17) is 9.47 Å². The van der Waals surface area contributed by atoms with Crippen LogP contribution in [-0.4, -0.2) is 30.5 Å². The fraction of sp³-hybridized carbons (Fsp3) is 0.290. The summed E-state index contributed by atoms with van der Waals surface area (Å²) in [5.41, 5.74) is 2.72. The minimum Gasteiger partial charge on any atom is -0.507 e. The summed E-state index contributed by atoms with van der Waals surface area (Å²) in [7, 11) is 1.53. The van der Waals surface area contributed by atoms with E-state index in [9.17, 15) is 14.7 Å². The second kappa shape index (κ2) is 10.5. The molecule has 3 aromatic rings. The summed E-state index contributed by atoms with van der Waals surface area (Å²) in [6.45, 7) is 8.92. The normalized spacial score (nSPS) is 17.2. The van der Waals surface area contributed by atoms with Crippen LogP contribution < -0.4 is 14.4 Å². The lowest BCUT2D eigenvalue weighted by Gasteiger charge is -2.27. The fourth-order valence-corrected chi connectivity index (χ4v) is 4.45. The Hall–Kier alpha value is -4.06. The van der Waals surface area contributed by atoms with E-state index in [1.54, 1.807) is 42.5 Å². The van der Waals surface area contributed by atoms with Gasteiger partial charge in [0.25, 0.3) is 11.7 Å². The maximum absolute atomic E-state index is 13.5. The van der Waals surface area contributed by atoms with Crippen LogP contribution in [0.3, 0.4) is 0 Å². The van der Waals surface area contributed by atoms with Crippen molar-refractivity contribution in [3.8, 4) is 11.5 Å². The van der Waals surface area contributed by atoms with Crippen molar-refractivity contribution in [2.24, 2.45) is 0 Å². The number of methoxy groups -OCH3 is 1. The number of ether oxygens (including phenoxy) is 2. The van der Waals surface area contributed by atoms with Crippen molar-refractivity contribution in [1.82, 2.24) is 0 Å². The number of amides is 1. The third kappa shape index (κ3) is 5.24. The van der Waals surface area contributed by atoms with Crippen molar-refractivity contribution in [3.05, 3.63) is 95.1 Å². The van der Waals surface area contributed by atoms with E-state index in [1.165, 1.54) is 12.0 Å². The van der Waals surface area contributed by atoms with Crippen molar-refractivity contribution < 1.29 is 24.2 Å². The molecule has 1 N–H and O–H groups in total. The zero-order valence-corrected chi connectivity index (χ0v) is 21.9. The Morgan fingerprint density at radius 1 is 0.946 bits per heavy atom. The molecule has 1 unspecified atom stereocenters. The number of hydrogen-bond acceptors (Lipinski definition) is 5. The van der Waals surface area contributed by atoms with Gasteiger partial charge in [-0.05, 0) is 47.2 Å². The Labute approximate surface area is 218 Å². The summed E-state index contributed by atoms with van der Waals surface area (Å²) in [6, 6.07) is 21.0. The van der Waals surface area contributed by atoms with E-state index in [2.05, 4.69) is 20.8 Å². The van der Waals surface area contributed by atoms with E-state index < -0.39 is 17.7 Å². The van der Waals surface area contributed by atoms with Gasteiger partial charge in [-0.2, -0.15) is 0 Å². The first-order valence-corrected chi connectivity index (χ1v) is 12.4. The number of rotatable bonds is 7. The van der Waals surface area contributed by atoms with Crippen LogP contribution in [0.1, 0.15) is 56.8 Å². The molecule has 1 fully saturated rings. The second-order valence-electron chi connectivity index (χ2n) is 10.1. The van der Waals surface area contributed by atoms with Crippen molar-refractivity contribution in [3.63, 3.8) is 0 Å². The SMILES string of the molecule is CCCOc1cccc(N2C(=O)C(=O)/C(=C(/O)c3cccc(OC)c3)C2c2ccc(C(C)(C)C)cc2)c1. The Kier molecular flexibility index (Phi) is 7.39. The first kappa shape index (κ1) is 26.0. The smallest absolute Gasteiger partial charge is 0.300 e. The molecule has 1 aliphatic heterocycles. The van der Waals surface area contributed by atoms with Gasteiger partial charge >= 0.3 is 0 Å². The topological polar surface area (TPSA) is 76.1 Å². The molecule has 0 saturated carbocycles. The molecular formula is C31H33NO5. The van der Waals surface area contributed by atoms with Crippen molar-refractivity contribution >= 4 is 23.1 Å². The predicted molar refractivity (Wildman–Crippen MR) is 145 cm³/mol. The Bertz CT molecular complexity index is 1330. The Morgan fingerprint density at radius 2 is 1.62 bits per heavy atom. The molecule has 4 rings (SSSR count). The molecule has 1 amide bonds. The van der Waals surface area contributed by atoms with E-state index in [-0.39, 0.29) is 16.7 Å². The maximum Gasteiger partial charge on any atom is 0.300 e. The number of nitrogens with zero attached hydrogens (tertiary/aromatic N) is 1. The highest BCUT2D eigenvalue weighted by molar-refractivity contribution is 6.51. The fourth-order valence-electron chi connectivity index (χ4n) is 4.45. The number of anilines is 1. The lowest BCUT2D eigenvalue weighted by atomic mass is 9.85. The van der Waals surface area contributed by atoms with E-state index >= 15 is 0 Å². The molecule has 3 aromatic carbocycles. The third-order valence-corrected chi connectivity index (χ3v) is 6.45. The standard InChI is InChI=1S/C31H33NO5/c1-6-17-37-25-12-8-10-23(19-25)32-27(20-13-15-22(16-14-20)31(2,3)4)26(29(34)30(32)35)28(33)21-9-7-11-24(18-21)36-5/h7-16,18-19,27,33H,6,17H2,1-5H3/b28-26+. The molecule has 0 spiro atoms. The number of aliphatic hydroxyl groups is 1.